The zero-order valence-corrected chi connectivity index (χ0v) is 14.5. The summed E-state index contributed by atoms with van der Waals surface area (Å²) in [5, 5.41) is 11.2. The molecule has 0 unspecified atom stereocenters. The number of aliphatic hydroxyl groups is 1. The summed E-state index contributed by atoms with van der Waals surface area (Å²) >= 11 is 1.73. The van der Waals surface area contributed by atoms with E-state index < -0.39 is 0 Å². The van der Waals surface area contributed by atoms with Crippen molar-refractivity contribution in [1.29, 1.82) is 0 Å². The van der Waals surface area contributed by atoms with Gasteiger partial charge in [-0.25, -0.2) is 15.0 Å². The van der Waals surface area contributed by atoms with Crippen molar-refractivity contribution >= 4 is 28.3 Å². The lowest BCUT2D eigenvalue weighted by atomic mass is 10.1. The van der Waals surface area contributed by atoms with Crippen molar-refractivity contribution in [3.8, 4) is 11.4 Å². The van der Waals surface area contributed by atoms with Gasteiger partial charge in [-0.15, -0.1) is 11.3 Å². The predicted octanol–water partition coefficient (Wildman–Crippen LogP) is 3.21. The molecule has 0 radical (unpaired) electrons. The highest BCUT2D eigenvalue weighted by Gasteiger charge is 2.14. The summed E-state index contributed by atoms with van der Waals surface area (Å²) in [6, 6.07) is 11.8. The average molecular weight is 351 g/mol. The molecule has 3 aromatic heterocycles. The van der Waals surface area contributed by atoms with E-state index in [0.717, 1.165) is 34.8 Å². The molecular formula is C18H17N5OS. The molecule has 126 valence electrons. The molecule has 0 aliphatic rings. The van der Waals surface area contributed by atoms with Crippen LogP contribution in [0.25, 0.3) is 22.6 Å². The molecule has 0 saturated heterocycles. The quantitative estimate of drug-likeness (QED) is 0.577. The SMILES string of the molecule is CN(Cc1cccs1)c1ncnc2nc(-c3ccc(CO)cc3)[nH]c12. The second kappa shape index (κ2) is 6.62. The number of thiophene rings is 1. The van der Waals surface area contributed by atoms with Crippen LogP contribution < -0.4 is 4.90 Å². The van der Waals surface area contributed by atoms with Crippen LogP contribution in [0.3, 0.4) is 0 Å². The summed E-state index contributed by atoms with van der Waals surface area (Å²) in [5.41, 5.74) is 3.28. The highest BCUT2D eigenvalue weighted by molar-refractivity contribution is 7.09. The molecule has 0 atom stereocenters. The van der Waals surface area contributed by atoms with Crippen molar-refractivity contribution in [2.45, 2.75) is 13.2 Å². The molecule has 2 N–H and O–H groups in total. The number of hydrogen-bond acceptors (Lipinski definition) is 6. The Labute approximate surface area is 148 Å². The van der Waals surface area contributed by atoms with Crippen LogP contribution in [0.15, 0.2) is 48.1 Å². The number of anilines is 1. The van der Waals surface area contributed by atoms with Crippen molar-refractivity contribution in [3.63, 3.8) is 0 Å². The minimum atomic E-state index is 0.0313. The van der Waals surface area contributed by atoms with Crippen molar-refractivity contribution in [1.82, 2.24) is 19.9 Å². The number of nitrogens with one attached hydrogen (secondary N) is 1. The van der Waals surface area contributed by atoms with Gasteiger partial charge in [0, 0.05) is 17.5 Å². The van der Waals surface area contributed by atoms with Gasteiger partial charge in [0.2, 0.25) is 0 Å². The smallest absolute Gasteiger partial charge is 0.183 e. The topological polar surface area (TPSA) is 77.9 Å². The summed E-state index contributed by atoms with van der Waals surface area (Å²) in [5.74, 6) is 1.56. The Morgan fingerprint density at radius 3 is 2.72 bits per heavy atom. The van der Waals surface area contributed by atoms with Crippen LogP contribution in [0.2, 0.25) is 0 Å². The van der Waals surface area contributed by atoms with E-state index in [-0.39, 0.29) is 6.61 Å². The third-order valence-electron chi connectivity index (χ3n) is 4.01. The van der Waals surface area contributed by atoms with Crippen molar-refractivity contribution in [2.24, 2.45) is 0 Å². The van der Waals surface area contributed by atoms with Crippen molar-refractivity contribution in [2.75, 3.05) is 11.9 Å². The molecule has 0 aliphatic heterocycles. The van der Waals surface area contributed by atoms with Crippen molar-refractivity contribution in [3.05, 3.63) is 58.5 Å². The van der Waals surface area contributed by atoms with Gasteiger partial charge in [0.15, 0.2) is 11.5 Å². The van der Waals surface area contributed by atoms with Gasteiger partial charge in [-0.1, -0.05) is 30.3 Å². The Balaban J connectivity index is 1.70. The molecule has 0 aliphatic carbocycles. The number of benzene rings is 1. The first-order chi connectivity index (χ1) is 12.2. The fraction of sp³-hybridized carbons (Fsp3) is 0.167. The molecule has 0 amide bonds. The molecule has 0 fully saturated rings. The Morgan fingerprint density at radius 1 is 1.16 bits per heavy atom. The van der Waals surface area contributed by atoms with Gasteiger partial charge in [0.1, 0.15) is 17.7 Å². The number of imidazole rings is 1. The molecule has 4 aromatic rings. The lowest BCUT2D eigenvalue weighted by Crippen LogP contribution is -2.17. The maximum Gasteiger partial charge on any atom is 0.183 e. The zero-order chi connectivity index (χ0) is 17.2. The molecule has 0 spiro atoms. The van der Waals surface area contributed by atoms with E-state index in [0.29, 0.717) is 5.65 Å². The Hall–Kier alpha value is -2.77. The molecule has 7 heteroatoms. The number of nitrogens with zero attached hydrogens (tertiary/aromatic N) is 4. The Kier molecular flexibility index (Phi) is 4.17. The van der Waals surface area contributed by atoms with E-state index in [9.17, 15) is 0 Å². The van der Waals surface area contributed by atoms with Gasteiger partial charge in [-0.05, 0) is 17.0 Å². The first-order valence-electron chi connectivity index (χ1n) is 7.89. The number of aromatic nitrogens is 4. The molecular weight excluding hydrogens is 334 g/mol. The first kappa shape index (κ1) is 15.7. The average Bonchev–Trinajstić information content (AvgIpc) is 3.30. The fourth-order valence-electron chi connectivity index (χ4n) is 2.72. The summed E-state index contributed by atoms with van der Waals surface area (Å²) in [7, 11) is 2.01. The number of H-pyrrole nitrogens is 1. The lowest BCUT2D eigenvalue weighted by Gasteiger charge is -2.17. The van der Waals surface area contributed by atoms with E-state index in [2.05, 4.69) is 36.3 Å². The fourth-order valence-corrected chi connectivity index (χ4v) is 3.48. The number of hydrogen-bond donors (Lipinski definition) is 2. The van der Waals surface area contributed by atoms with E-state index in [4.69, 9.17) is 5.11 Å². The van der Waals surface area contributed by atoms with Crippen LogP contribution in [-0.4, -0.2) is 32.1 Å². The molecule has 25 heavy (non-hydrogen) atoms. The summed E-state index contributed by atoms with van der Waals surface area (Å²) in [6.07, 6.45) is 1.54. The highest BCUT2D eigenvalue weighted by atomic mass is 32.1. The number of rotatable bonds is 5. The first-order valence-corrected chi connectivity index (χ1v) is 8.77. The largest absolute Gasteiger partial charge is 0.392 e. The van der Waals surface area contributed by atoms with Crippen LogP contribution in [-0.2, 0) is 13.2 Å². The van der Waals surface area contributed by atoms with Gasteiger partial charge in [0.05, 0.1) is 13.2 Å². The maximum absolute atomic E-state index is 9.17. The Bertz CT molecular complexity index is 979. The minimum absolute atomic E-state index is 0.0313. The van der Waals surface area contributed by atoms with E-state index >= 15 is 0 Å². The summed E-state index contributed by atoms with van der Waals surface area (Å²) in [4.78, 5) is 20.0. The highest BCUT2D eigenvalue weighted by Crippen LogP contribution is 2.26. The maximum atomic E-state index is 9.17. The Morgan fingerprint density at radius 2 is 2.00 bits per heavy atom. The van der Waals surface area contributed by atoms with Gasteiger partial charge >= 0.3 is 0 Å². The zero-order valence-electron chi connectivity index (χ0n) is 13.7. The standard InChI is InChI=1S/C18H17N5OS/c1-23(9-14-3-2-8-25-14)18-15-17(19-11-20-18)22-16(21-15)13-6-4-12(10-24)5-7-13/h2-8,11,24H,9-10H2,1H3,(H,19,20,21,22). The van der Waals surface area contributed by atoms with E-state index in [1.165, 1.54) is 4.88 Å². The predicted molar refractivity (Wildman–Crippen MR) is 99.5 cm³/mol. The van der Waals surface area contributed by atoms with Gasteiger partial charge < -0.3 is 15.0 Å². The van der Waals surface area contributed by atoms with Crippen LogP contribution in [0.5, 0.6) is 0 Å². The number of aliphatic hydroxyl groups excluding tert-OH is 1. The molecule has 1 aromatic carbocycles. The van der Waals surface area contributed by atoms with Crippen molar-refractivity contribution < 1.29 is 5.11 Å². The second-order valence-electron chi connectivity index (χ2n) is 5.77. The normalized spacial score (nSPS) is 11.1. The second-order valence-corrected chi connectivity index (χ2v) is 6.80. The van der Waals surface area contributed by atoms with Crippen LogP contribution in [0.1, 0.15) is 10.4 Å². The van der Waals surface area contributed by atoms with E-state index in [1.54, 1.807) is 17.7 Å². The third kappa shape index (κ3) is 3.11. The van der Waals surface area contributed by atoms with Crippen LogP contribution in [0.4, 0.5) is 5.82 Å². The monoisotopic (exact) mass is 351 g/mol. The molecule has 6 nitrogen and oxygen atoms in total. The third-order valence-corrected chi connectivity index (χ3v) is 4.87. The number of fused-ring (bicyclic) bond motifs is 1. The van der Waals surface area contributed by atoms with Crippen LogP contribution >= 0.6 is 11.3 Å². The molecule has 0 bridgehead atoms. The summed E-state index contributed by atoms with van der Waals surface area (Å²) < 4.78 is 0. The number of aromatic amines is 1. The van der Waals surface area contributed by atoms with Gasteiger partial charge in [-0.3, -0.25) is 0 Å². The van der Waals surface area contributed by atoms with Gasteiger partial charge in [0.25, 0.3) is 0 Å². The van der Waals surface area contributed by atoms with Gasteiger partial charge in [-0.2, -0.15) is 0 Å². The van der Waals surface area contributed by atoms with Crippen LogP contribution in [0, 0.1) is 0 Å². The molecule has 4 rings (SSSR count). The molecule has 3 heterocycles. The lowest BCUT2D eigenvalue weighted by molar-refractivity contribution is 0.282. The van der Waals surface area contributed by atoms with E-state index in [1.807, 2.05) is 37.4 Å². The summed E-state index contributed by atoms with van der Waals surface area (Å²) in [6.45, 7) is 0.812. The molecule has 0 saturated carbocycles. The minimum Gasteiger partial charge on any atom is -0.392 e.